The number of esters is 2. The van der Waals surface area contributed by atoms with Gasteiger partial charge in [-0.05, 0) is 32.8 Å². The monoisotopic (exact) mass is 452 g/mol. The Kier molecular flexibility index (Phi) is 8.60. The molecule has 0 fully saturated rings. The molecule has 2 aromatic heterocycles. The zero-order valence-corrected chi connectivity index (χ0v) is 18.9. The summed E-state index contributed by atoms with van der Waals surface area (Å²) in [4.78, 5) is 45.6. The number of hydrogen-bond donors (Lipinski definition) is 2. The Hall–Kier alpha value is -2.66. The smallest absolute Gasteiger partial charge is 0.343 e. The summed E-state index contributed by atoms with van der Waals surface area (Å²) in [5.41, 5.74) is 7.13. The maximum Gasteiger partial charge on any atom is 0.343 e. The third-order valence-corrected chi connectivity index (χ3v) is 5.84. The fraction of sp³-hybridized carbons (Fsp3) is 0.421. The fourth-order valence-electron chi connectivity index (χ4n) is 2.62. The Bertz CT molecular complexity index is 945. The van der Waals surface area contributed by atoms with E-state index in [1.165, 1.54) is 17.5 Å². The number of amides is 1. The molecule has 0 aliphatic heterocycles. The predicted molar refractivity (Wildman–Crippen MR) is 116 cm³/mol. The van der Waals surface area contributed by atoms with E-state index >= 15 is 0 Å². The fourth-order valence-corrected chi connectivity index (χ4v) is 4.39. The highest BCUT2D eigenvalue weighted by Crippen LogP contribution is 2.34. The Labute approximate surface area is 182 Å². The molecule has 162 valence electrons. The summed E-state index contributed by atoms with van der Waals surface area (Å²) in [6.07, 6.45) is 1.93. The lowest BCUT2D eigenvalue weighted by Gasteiger charge is -2.08. The van der Waals surface area contributed by atoms with Crippen molar-refractivity contribution in [2.24, 2.45) is 0 Å². The largest absolute Gasteiger partial charge is 0.462 e. The molecule has 0 atom stereocenters. The number of nitrogens with two attached hydrogens (primary N) is 1. The SMILES string of the molecule is CCOC(=O)c1cnc(SCC(=O)Nc2sc(C)c(CC)c2C(=O)OCC)nc1N. The van der Waals surface area contributed by atoms with E-state index < -0.39 is 11.9 Å². The number of nitrogens with zero attached hydrogens (tertiary/aromatic N) is 2. The van der Waals surface area contributed by atoms with Gasteiger partial charge in [0, 0.05) is 11.1 Å². The molecule has 2 rings (SSSR count). The van der Waals surface area contributed by atoms with Gasteiger partial charge in [-0.25, -0.2) is 19.6 Å². The Morgan fingerprint density at radius 1 is 1.17 bits per heavy atom. The molecule has 0 aromatic carbocycles. The van der Waals surface area contributed by atoms with Crippen LogP contribution in [0.4, 0.5) is 10.8 Å². The van der Waals surface area contributed by atoms with Crippen LogP contribution in [0, 0.1) is 6.92 Å². The lowest BCUT2D eigenvalue weighted by atomic mass is 10.1. The van der Waals surface area contributed by atoms with Crippen molar-refractivity contribution >= 4 is 51.8 Å². The predicted octanol–water partition coefficient (Wildman–Crippen LogP) is 3.08. The van der Waals surface area contributed by atoms with E-state index in [1.54, 1.807) is 13.8 Å². The van der Waals surface area contributed by atoms with Crippen LogP contribution in [-0.2, 0) is 20.7 Å². The number of aryl methyl sites for hydroxylation is 1. The molecule has 0 bridgehead atoms. The normalized spacial score (nSPS) is 10.5. The van der Waals surface area contributed by atoms with Crippen LogP contribution in [0.1, 0.15) is 51.9 Å². The summed E-state index contributed by atoms with van der Waals surface area (Å²) < 4.78 is 10.0. The highest BCUT2D eigenvalue weighted by Gasteiger charge is 2.23. The number of rotatable bonds is 9. The first-order chi connectivity index (χ1) is 14.3. The molecule has 3 N–H and O–H groups in total. The van der Waals surface area contributed by atoms with Crippen LogP contribution in [0.2, 0.25) is 0 Å². The maximum atomic E-state index is 12.4. The van der Waals surface area contributed by atoms with Gasteiger partial charge in [0.1, 0.15) is 16.4 Å². The molecule has 0 spiro atoms. The van der Waals surface area contributed by atoms with Gasteiger partial charge >= 0.3 is 11.9 Å². The molecule has 0 saturated carbocycles. The van der Waals surface area contributed by atoms with Crippen LogP contribution in [0.15, 0.2) is 11.4 Å². The number of hydrogen-bond acceptors (Lipinski definition) is 10. The Morgan fingerprint density at radius 3 is 2.43 bits per heavy atom. The third-order valence-electron chi connectivity index (χ3n) is 3.92. The number of carbonyl (C=O) groups excluding carboxylic acids is 3. The number of anilines is 2. The van der Waals surface area contributed by atoms with E-state index in [-0.39, 0.29) is 41.4 Å². The number of ether oxygens (including phenoxy) is 2. The molecule has 2 heterocycles. The molecule has 0 unspecified atom stereocenters. The molecule has 0 radical (unpaired) electrons. The quantitative estimate of drug-likeness (QED) is 0.334. The maximum absolute atomic E-state index is 12.4. The highest BCUT2D eigenvalue weighted by molar-refractivity contribution is 7.99. The molecule has 30 heavy (non-hydrogen) atoms. The Morgan fingerprint density at radius 2 is 1.83 bits per heavy atom. The topological polar surface area (TPSA) is 134 Å². The molecule has 11 heteroatoms. The second-order valence-corrected chi connectivity index (χ2v) is 8.09. The van der Waals surface area contributed by atoms with E-state index in [0.717, 1.165) is 22.2 Å². The minimum atomic E-state index is -0.601. The van der Waals surface area contributed by atoms with Crippen molar-refractivity contribution in [3.05, 3.63) is 27.8 Å². The number of nitrogens with one attached hydrogen (secondary N) is 1. The van der Waals surface area contributed by atoms with Crippen LogP contribution < -0.4 is 11.1 Å². The van der Waals surface area contributed by atoms with Gasteiger partial charge in [0.05, 0.1) is 24.5 Å². The summed E-state index contributed by atoms with van der Waals surface area (Å²) in [7, 11) is 0. The van der Waals surface area contributed by atoms with Crippen molar-refractivity contribution in [2.45, 2.75) is 39.3 Å². The first kappa shape index (κ1) is 23.6. The zero-order valence-electron chi connectivity index (χ0n) is 17.2. The standard InChI is InChI=1S/C19H24N4O5S2/c1-5-11-10(4)30-16(14(11)18(26)28-7-3)22-13(24)9-29-19-21-8-12(15(20)23-19)17(25)27-6-2/h8H,5-7,9H2,1-4H3,(H,22,24)(H2,20,21,23). The molecular weight excluding hydrogens is 428 g/mol. The second kappa shape index (κ2) is 10.9. The van der Waals surface area contributed by atoms with Crippen LogP contribution in [0.5, 0.6) is 0 Å². The average Bonchev–Trinajstić information content (AvgIpc) is 3.01. The van der Waals surface area contributed by atoms with Gasteiger partial charge in [-0.15, -0.1) is 11.3 Å². The Balaban J connectivity index is 2.07. The number of nitrogen functional groups attached to an aromatic ring is 1. The van der Waals surface area contributed by atoms with Crippen molar-refractivity contribution in [2.75, 3.05) is 30.0 Å². The summed E-state index contributed by atoms with van der Waals surface area (Å²) in [5.74, 6) is -1.40. The molecule has 1 amide bonds. The van der Waals surface area contributed by atoms with Crippen LogP contribution in [0.3, 0.4) is 0 Å². The first-order valence-corrected chi connectivity index (χ1v) is 11.1. The van der Waals surface area contributed by atoms with Gasteiger partial charge in [0.2, 0.25) is 5.91 Å². The van der Waals surface area contributed by atoms with Gasteiger partial charge in [-0.3, -0.25) is 4.79 Å². The van der Waals surface area contributed by atoms with E-state index in [1.807, 2.05) is 13.8 Å². The third kappa shape index (κ3) is 5.70. The molecule has 2 aromatic rings. The van der Waals surface area contributed by atoms with Crippen molar-refractivity contribution in [3.63, 3.8) is 0 Å². The van der Waals surface area contributed by atoms with E-state index in [2.05, 4.69) is 15.3 Å². The van der Waals surface area contributed by atoms with Gasteiger partial charge in [0.25, 0.3) is 0 Å². The summed E-state index contributed by atoms with van der Waals surface area (Å²) >= 11 is 2.40. The van der Waals surface area contributed by atoms with Crippen LogP contribution >= 0.6 is 23.1 Å². The highest BCUT2D eigenvalue weighted by atomic mass is 32.2. The zero-order chi connectivity index (χ0) is 22.3. The van der Waals surface area contributed by atoms with Crippen LogP contribution in [-0.4, -0.2) is 46.8 Å². The lowest BCUT2D eigenvalue weighted by Crippen LogP contribution is -2.17. The van der Waals surface area contributed by atoms with Gasteiger partial charge in [-0.2, -0.15) is 0 Å². The summed E-state index contributed by atoms with van der Waals surface area (Å²) in [6.45, 7) is 7.73. The number of thiophene rings is 1. The molecule has 0 aliphatic carbocycles. The average molecular weight is 453 g/mol. The molecular formula is C19H24N4O5S2. The van der Waals surface area contributed by atoms with Gasteiger partial charge in [0.15, 0.2) is 5.16 Å². The summed E-state index contributed by atoms with van der Waals surface area (Å²) in [6, 6.07) is 0. The number of thioether (sulfide) groups is 1. The van der Waals surface area contributed by atoms with E-state index in [4.69, 9.17) is 15.2 Å². The lowest BCUT2D eigenvalue weighted by molar-refractivity contribution is -0.113. The van der Waals surface area contributed by atoms with E-state index in [0.29, 0.717) is 17.0 Å². The summed E-state index contributed by atoms with van der Waals surface area (Å²) in [5, 5.41) is 3.49. The number of carbonyl (C=O) groups is 3. The van der Waals surface area contributed by atoms with E-state index in [9.17, 15) is 14.4 Å². The minimum absolute atomic E-state index is 0.00113. The van der Waals surface area contributed by atoms with Crippen molar-refractivity contribution in [3.8, 4) is 0 Å². The van der Waals surface area contributed by atoms with Gasteiger partial charge < -0.3 is 20.5 Å². The molecule has 0 aliphatic rings. The molecule has 9 nitrogen and oxygen atoms in total. The van der Waals surface area contributed by atoms with Crippen molar-refractivity contribution < 1.29 is 23.9 Å². The number of aromatic nitrogens is 2. The van der Waals surface area contributed by atoms with Gasteiger partial charge in [-0.1, -0.05) is 18.7 Å². The van der Waals surface area contributed by atoms with Crippen molar-refractivity contribution in [1.82, 2.24) is 9.97 Å². The minimum Gasteiger partial charge on any atom is -0.462 e. The molecule has 0 saturated heterocycles. The van der Waals surface area contributed by atoms with Crippen LogP contribution in [0.25, 0.3) is 0 Å². The second-order valence-electron chi connectivity index (χ2n) is 5.92. The first-order valence-electron chi connectivity index (χ1n) is 9.33. The van der Waals surface area contributed by atoms with Crippen molar-refractivity contribution in [1.29, 1.82) is 0 Å².